The third-order valence-corrected chi connectivity index (χ3v) is 5.51. The van der Waals surface area contributed by atoms with Crippen LogP contribution >= 0.6 is 0 Å². The normalized spacial score (nSPS) is 27.5. The number of hydrogen-bond acceptors (Lipinski definition) is 6. The van der Waals surface area contributed by atoms with Gasteiger partial charge in [0.2, 0.25) is 0 Å². The minimum Gasteiger partial charge on any atom is -0.485 e. The van der Waals surface area contributed by atoms with Crippen LogP contribution in [0.2, 0.25) is 0 Å². The number of amidine groups is 1. The largest absolute Gasteiger partial charge is 0.485 e. The van der Waals surface area contributed by atoms with Gasteiger partial charge in [-0.25, -0.2) is 26.9 Å². The first-order valence-electron chi connectivity index (χ1n) is 9.64. The van der Waals surface area contributed by atoms with Crippen LogP contribution in [-0.4, -0.2) is 57.0 Å². The molecule has 6 nitrogen and oxygen atoms in total. The summed E-state index contributed by atoms with van der Waals surface area (Å²) < 4.78 is 111. The summed E-state index contributed by atoms with van der Waals surface area (Å²) in [7, 11) is 0. The molecule has 0 saturated carbocycles. The van der Waals surface area contributed by atoms with E-state index in [-0.39, 0.29) is 23.9 Å². The van der Waals surface area contributed by atoms with Crippen molar-refractivity contribution >= 4 is 11.7 Å². The molecule has 13 heteroatoms. The Labute approximate surface area is 183 Å². The van der Waals surface area contributed by atoms with Crippen molar-refractivity contribution in [2.45, 2.75) is 23.6 Å². The molecule has 1 aromatic rings. The quantitative estimate of drug-likeness (QED) is 0.630. The van der Waals surface area contributed by atoms with Gasteiger partial charge in [0.25, 0.3) is 6.02 Å². The summed E-state index contributed by atoms with van der Waals surface area (Å²) in [6.07, 6.45) is -2.12. The summed E-state index contributed by atoms with van der Waals surface area (Å²) in [5, 5.41) is 0. The Bertz CT molecular complexity index is 1030. The van der Waals surface area contributed by atoms with Gasteiger partial charge < -0.3 is 24.8 Å². The van der Waals surface area contributed by atoms with Gasteiger partial charge in [-0.3, -0.25) is 0 Å². The fraction of sp³-hybridized carbons (Fsp3) is 0.450. The molecule has 3 heterocycles. The lowest BCUT2D eigenvalue weighted by molar-refractivity contribution is -0.157. The van der Waals surface area contributed by atoms with Gasteiger partial charge in [0.15, 0.2) is 17.8 Å². The maximum atomic E-state index is 15.6. The molecule has 2 atom stereocenters. The molecule has 0 unspecified atom stereocenters. The minimum atomic E-state index is -4.44. The number of fused-ring (bicyclic) bond motifs is 1. The Morgan fingerprint density at radius 1 is 1.21 bits per heavy atom. The van der Waals surface area contributed by atoms with Gasteiger partial charge >= 0.3 is 12.3 Å². The molecular formula is C20H18F7N3O3. The molecule has 0 aromatic heterocycles. The molecule has 3 aliphatic rings. The first-order chi connectivity index (χ1) is 15.5. The van der Waals surface area contributed by atoms with E-state index >= 15 is 4.39 Å². The highest BCUT2D eigenvalue weighted by molar-refractivity contribution is 5.74. The highest BCUT2D eigenvalue weighted by Crippen LogP contribution is 2.48. The predicted molar refractivity (Wildman–Crippen MR) is 102 cm³/mol. The summed E-state index contributed by atoms with van der Waals surface area (Å²) in [4.78, 5) is 5.16. The summed E-state index contributed by atoms with van der Waals surface area (Å²) in [6.45, 7) is -3.37. The van der Waals surface area contributed by atoms with E-state index in [0.29, 0.717) is 0 Å². The molecule has 0 bridgehead atoms. The number of nitrogens with zero attached hydrogens (tertiary/aromatic N) is 2. The number of allylic oxidation sites excluding steroid dienone is 1. The molecule has 3 aliphatic heterocycles. The van der Waals surface area contributed by atoms with E-state index in [2.05, 4.69) is 9.73 Å². The second kappa shape index (κ2) is 8.12. The summed E-state index contributed by atoms with van der Waals surface area (Å²) in [6, 6.07) is 3.06. The van der Waals surface area contributed by atoms with Gasteiger partial charge in [-0.1, -0.05) is 0 Å². The topological polar surface area (TPSA) is 69.3 Å². The minimum absolute atomic E-state index is 0.125. The van der Waals surface area contributed by atoms with Crippen LogP contribution in [0.25, 0.3) is 0 Å². The second-order valence-electron chi connectivity index (χ2n) is 7.82. The first-order valence-corrected chi connectivity index (χ1v) is 9.64. The van der Waals surface area contributed by atoms with E-state index in [1.54, 1.807) is 0 Å². The van der Waals surface area contributed by atoms with Crippen LogP contribution in [0.3, 0.4) is 0 Å². The zero-order valence-corrected chi connectivity index (χ0v) is 16.8. The van der Waals surface area contributed by atoms with Crippen LogP contribution in [0.15, 0.2) is 47.1 Å². The number of benzene rings is 1. The third kappa shape index (κ3) is 4.09. The van der Waals surface area contributed by atoms with Crippen molar-refractivity contribution in [1.29, 1.82) is 0 Å². The summed E-state index contributed by atoms with van der Waals surface area (Å²) in [5.41, 5.74) is 1.41. The number of ether oxygens (including phenoxy) is 3. The lowest BCUT2D eigenvalue weighted by Gasteiger charge is -2.39. The second-order valence-corrected chi connectivity index (χ2v) is 7.82. The number of halogens is 7. The van der Waals surface area contributed by atoms with Gasteiger partial charge in [-0.05, 0) is 18.2 Å². The monoisotopic (exact) mass is 481 g/mol. The molecule has 1 aromatic carbocycles. The average Bonchev–Trinajstić information content (AvgIpc) is 3.09. The van der Waals surface area contributed by atoms with Crippen molar-refractivity contribution < 1.29 is 44.9 Å². The third-order valence-electron chi connectivity index (χ3n) is 5.51. The van der Waals surface area contributed by atoms with E-state index in [0.717, 1.165) is 23.2 Å². The van der Waals surface area contributed by atoms with Gasteiger partial charge in [0.05, 0.1) is 19.8 Å². The number of nitrogens with two attached hydrogens (primary N) is 1. The fourth-order valence-electron chi connectivity index (χ4n) is 3.79. The highest BCUT2D eigenvalue weighted by Gasteiger charge is 2.62. The molecule has 1 saturated heterocycles. The van der Waals surface area contributed by atoms with Gasteiger partial charge in [-0.15, -0.1) is 0 Å². The average molecular weight is 481 g/mol. The van der Waals surface area contributed by atoms with Crippen LogP contribution in [0.5, 0.6) is 0 Å². The smallest absolute Gasteiger partial charge is 0.340 e. The number of rotatable bonds is 6. The van der Waals surface area contributed by atoms with Crippen LogP contribution in [0.4, 0.5) is 36.4 Å². The Morgan fingerprint density at radius 3 is 2.70 bits per heavy atom. The summed E-state index contributed by atoms with van der Waals surface area (Å²) >= 11 is 0. The lowest BCUT2D eigenvalue weighted by atomic mass is 9.78. The molecule has 180 valence electrons. The maximum absolute atomic E-state index is 15.6. The molecule has 0 spiro atoms. The Balaban J connectivity index is 1.67. The standard InChI is InChI=1S/C20H18F7N3O3/c21-11-3-13(32-10-20(26,27)16(23)24)6-30(5-11)12-1-2-15(22)14(4-12)19-9-31-7-18(19,25)8-33-17(28)29-19/h1-4,6,16H,5,7-10H2,(H2,28,29)/t18-,19-/m1/s1. The zero-order chi connectivity index (χ0) is 24.0. The van der Waals surface area contributed by atoms with Crippen molar-refractivity contribution in [3.63, 3.8) is 0 Å². The van der Waals surface area contributed by atoms with E-state index in [4.69, 9.17) is 15.2 Å². The number of aliphatic imine (C=N–C) groups is 1. The van der Waals surface area contributed by atoms with E-state index in [9.17, 15) is 26.3 Å². The molecule has 33 heavy (non-hydrogen) atoms. The Morgan fingerprint density at radius 2 is 1.97 bits per heavy atom. The molecular weight excluding hydrogens is 463 g/mol. The van der Waals surface area contributed by atoms with Crippen LogP contribution in [0.1, 0.15) is 5.56 Å². The number of hydrogen-bond donors (Lipinski definition) is 1. The van der Waals surface area contributed by atoms with Crippen molar-refractivity contribution in [3.8, 4) is 0 Å². The molecule has 2 N–H and O–H groups in total. The Kier molecular flexibility index (Phi) is 5.71. The molecule has 0 aliphatic carbocycles. The maximum Gasteiger partial charge on any atom is 0.340 e. The highest BCUT2D eigenvalue weighted by atomic mass is 19.3. The number of anilines is 1. The van der Waals surface area contributed by atoms with Gasteiger partial charge in [0, 0.05) is 23.5 Å². The lowest BCUT2D eigenvalue weighted by Crippen LogP contribution is -2.55. The van der Waals surface area contributed by atoms with Gasteiger partial charge in [0.1, 0.15) is 24.0 Å². The number of alkyl halides is 5. The van der Waals surface area contributed by atoms with Crippen LogP contribution in [-0.2, 0) is 19.7 Å². The predicted octanol–water partition coefficient (Wildman–Crippen LogP) is 3.54. The molecule has 0 radical (unpaired) electrons. The zero-order valence-electron chi connectivity index (χ0n) is 16.8. The molecule has 0 amide bonds. The van der Waals surface area contributed by atoms with Crippen molar-refractivity contribution in [1.82, 2.24) is 0 Å². The first kappa shape index (κ1) is 23.2. The van der Waals surface area contributed by atoms with Crippen molar-refractivity contribution in [3.05, 3.63) is 53.4 Å². The van der Waals surface area contributed by atoms with Crippen molar-refractivity contribution in [2.75, 3.05) is 37.9 Å². The van der Waals surface area contributed by atoms with Crippen LogP contribution < -0.4 is 10.6 Å². The van der Waals surface area contributed by atoms with Crippen LogP contribution in [0, 0.1) is 5.82 Å². The SMILES string of the molecule is NC1=N[C@@]2(c3cc(N4C=C(OCC(F)(F)C(F)F)C=C(F)C4)ccc3F)COC[C@@]2(F)CO1. The van der Waals surface area contributed by atoms with E-state index in [1.807, 2.05) is 0 Å². The van der Waals surface area contributed by atoms with E-state index < -0.39 is 67.3 Å². The van der Waals surface area contributed by atoms with Crippen molar-refractivity contribution in [2.24, 2.45) is 10.7 Å². The fourth-order valence-corrected chi connectivity index (χ4v) is 3.79. The molecule has 1 fully saturated rings. The summed E-state index contributed by atoms with van der Waals surface area (Å²) in [5.74, 6) is -6.58. The molecule has 4 rings (SSSR count). The Hall–Kier alpha value is -2.96. The van der Waals surface area contributed by atoms with E-state index in [1.165, 1.54) is 12.1 Å². The van der Waals surface area contributed by atoms with Gasteiger partial charge in [-0.2, -0.15) is 8.78 Å².